The molecule has 1 aromatic rings. The molecule has 1 aliphatic carbocycles. The number of nitrogens with one attached hydrogen (secondary N) is 1. The van der Waals surface area contributed by atoms with Crippen molar-refractivity contribution < 1.29 is 0 Å². The zero-order chi connectivity index (χ0) is 14.9. The normalized spacial score (nSPS) is 17.1. The first-order valence-electron chi connectivity index (χ1n) is 7.72. The predicted molar refractivity (Wildman–Crippen MR) is 86.3 cm³/mol. The molecule has 1 aliphatic rings. The van der Waals surface area contributed by atoms with Crippen LogP contribution >= 0.6 is 0 Å². The molecular formula is C17H29N3. The second-order valence-corrected chi connectivity index (χ2v) is 7.19. The van der Waals surface area contributed by atoms with Crippen molar-refractivity contribution in [3.8, 4) is 0 Å². The summed E-state index contributed by atoms with van der Waals surface area (Å²) in [5, 5.41) is 3.25. The molecule has 112 valence electrons. The summed E-state index contributed by atoms with van der Waals surface area (Å²) < 4.78 is 0. The lowest BCUT2D eigenvalue weighted by Crippen LogP contribution is -2.32. The number of pyridine rings is 1. The number of anilines is 1. The Kier molecular flexibility index (Phi) is 4.38. The molecule has 0 radical (unpaired) electrons. The van der Waals surface area contributed by atoms with E-state index in [0.29, 0.717) is 6.04 Å². The highest BCUT2D eigenvalue weighted by Crippen LogP contribution is 2.36. The zero-order valence-corrected chi connectivity index (χ0v) is 13.8. The van der Waals surface area contributed by atoms with Crippen LogP contribution in [0, 0.1) is 5.92 Å². The number of hydrogen-bond acceptors (Lipinski definition) is 3. The summed E-state index contributed by atoms with van der Waals surface area (Å²) in [6.45, 7) is 9.90. The molecule has 0 amide bonds. The molecule has 3 heteroatoms. The van der Waals surface area contributed by atoms with Gasteiger partial charge in [-0.15, -0.1) is 0 Å². The molecule has 0 spiro atoms. The van der Waals surface area contributed by atoms with E-state index in [4.69, 9.17) is 4.98 Å². The molecule has 1 heterocycles. The summed E-state index contributed by atoms with van der Waals surface area (Å²) in [4.78, 5) is 7.27. The maximum absolute atomic E-state index is 4.92. The van der Waals surface area contributed by atoms with Gasteiger partial charge in [0.2, 0.25) is 0 Å². The average Bonchev–Trinajstić information content (AvgIpc) is 3.20. The Bertz CT molecular complexity index is 458. The van der Waals surface area contributed by atoms with Crippen molar-refractivity contribution in [3.63, 3.8) is 0 Å². The van der Waals surface area contributed by atoms with Gasteiger partial charge in [0.05, 0.1) is 0 Å². The van der Waals surface area contributed by atoms with E-state index in [-0.39, 0.29) is 5.41 Å². The number of rotatable bonds is 5. The van der Waals surface area contributed by atoms with Gasteiger partial charge in [-0.05, 0) is 50.4 Å². The Morgan fingerprint density at radius 1 is 1.35 bits per heavy atom. The van der Waals surface area contributed by atoms with Crippen LogP contribution < -0.4 is 10.2 Å². The van der Waals surface area contributed by atoms with Gasteiger partial charge >= 0.3 is 0 Å². The molecule has 1 unspecified atom stereocenters. The molecule has 1 atom stereocenters. The summed E-state index contributed by atoms with van der Waals surface area (Å²) in [6, 6.07) is 5.04. The fourth-order valence-electron chi connectivity index (χ4n) is 2.55. The van der Waals surface area contributed by atoms with Crippen molar-refractivity contribution in [2.45, 2.75) is 58.5 Å². The maximum Gasteiger partial charge on any atom is 0.129 e. The van der Waals surface area contributed by atoms with Gasteiger partial charge in [0.15, 0.2) is 0 Å². The fourth-order valence-corrected chi connectivity index (χ4v) is 2.55. The van der Waals surface area contributed by atoms with Crippen LogP contribution in [0.2, 0.25) is 0 Å². The van der Waals surface area contributed by atoms with Gasteiger partial charge in [-0.25, -0.2) is 4.98 Å². The van der Waals surface area contributed by atoms with Gasteiger partial charge in [-0.3, -0.25) is 0 Å². The van der Waals surface area contributed by atoms with E-state index in [2.05, 4.69) is 57.1 Å². The van der Waals surface area contributed by atoms with Gasteiger partial charge in [0.25, 0.3) is 0 Å². The number of hydrogen-bond donors (Lipinski definition) is 1. The lowest BCUT2D eigenvalue weighted by molar-refractivity contribution is 0.559. The predicted octanol–water partition coefficient (Wildman–Crippen LogP) is 3.33. The van der Waals surface area contributed by atoms with E-state index < -0.39 is 0 Å². The van der Waals surface area contributed by atoms with Crippen LogP contribution in [0.3, 0.4) is 0 Å². The van der Waals surface area contributed by atoms with Crippen molar-refractivity contribution >= 4 is 5.82 Å². The van der Waals surface area contributed by atoms with Crippen LogP contribution in [0.1, 0.15) is 51.8 Å². The van der Waals surface area contributed by atoms with E-state index >= 15 is 0 Å². The first kappa shape index (κ1) is 15.3. The second-order valence-electron chi connectivity index (χ2n) is 7.19. The molecule has 0 aliphatic heterocycles. The second kappa shape index (κ2) is 5.72. The smallest absolute Gasteiger partial charge is 0.129 e. The van der Waals surface area contributed by atoms with Crippen LogP contribution in [-0.4, -0.2) is 25.1 Å². The minimum Gasteiger partial charge on any atom is -0.357 e. The Morgan fingerprint density at radius 3 is 2.50 bits per heavy atom. The van der Waals surface area contributed by atoms with Gasteiger partial charge < -0.3 is 10.2 Å². The van der Waals surface area contributed by atoms with Crippen molar-refractivity contribution in [1.29, 1.82) is 0 Å². The van der Waals surface area contributed by atoms with Gasteiger partial charge in [-0.2, -0.15) is 0 Å². The highest BCUT2D eigenvalue weighted by molar-refractivity contribution is 5.44. The summed E-state index contributed by atoms with van der Waals surface area (Å²) in [7, 11) is 4.17. The molecule has 1 saturated carbocycles. The third kappa shape index (κ3) is 3.51. The summed E-state index contributed by atoms with van der Waals surface area (Å²) >= 11 is 0. The van der Waals surface area contributed by atoms with E-state index in [1.54, 1.807) is 0 Å². The Labute approximate surface area is 123 Å². The monoisotopic (exact) mass is 275 g/mol. The number of nitrogens with zero attached hydrogens (tertiary/aromatic N) is 2. The molecule has 0 bridgehead atoms. The first-order chi connectivity index (χ1) is 9.32. The Hall–Kier alpha value is -1.09. The van der Waals surface area contributed by atoms with Crippen LogP contribution in [0.25, 0.3) is 0 Å². The molecule has 1 aromatic heterocycles. The van der Waals surface area contributed by atoms with E-state index in [9.17, 15) is 0 Å². The third-order valence-corrected chi connectivity index (χ3v) is 4.30. The minimum absolute atomic E-state index is 0.0855. The van der Waals surface area contributed by atoms with Crippen LogP contribution in [0.4, 0.5) is 5.82 Å². The lowest BCUT2D eigenvalue weighted by Gasteiger charge is -2.28. The van der Waals surface area contributed by atoms with Crippen LogP contribution in [-0.2, 0) is 12.0 Å². The van der Waals surface area contributed by atoms with E-state index in [1.807, 2.05) is 7.05 Å². The molecule has 3 nitrogen and oxygen atoms in total. The molecule has 1 fully saturated rings. The quantitative estimate of drug-likeness (QED) is 0.893. The van der Waals surface area contributed by atoms with Crippen molar-refractivity contribution in [1.82, 2.24) is 10.3 Å². The van der Waals surface area contributed by atoms with Gasteiger partial charge in [-0.1, -0.05) is 20.8 Å². The first-order valence-corrected chi connectivity index (χ1v) is 7.72. The highest BCUT2D eigenvalue weighted by Gasteiger charge is 2.31. The molecule has 20 heavy (non-hydrogen) atoms. The number of aromatic nitrogens is 1. The van der Waals surface area contributed by atoms with Crippen molar-refractivity contribution in [2.24, 2.45) is 5.92 Å². The van der Waals surface area contributed by atoms with Gasteiger partial charge in [0, 0.05) is 30.7 Å². The van der Waals surface area contributed by atoms with Crippen molar-refractivity contribution in [2.75, 3.05) is 19.0 Å². The summed E-state index contributed by atoms with van der Waals surface area (Å²) in [5.74, 6) is 1.97. The Morgan fingerprint density at radius 2 is 2.00 bits per heavy atom. The fraction of sp³-hybridized carbons (Fsp3) is 0.706. The zero-order valence-electron chi connectivity index (χ0n) is 13.8. The summed E-state index contributed by atoms with van der Waals surface area (Å²) in [6.07, 6.45) is 2.74. The highest BCUT2D eigenvalue weighted by atomic mass is 15.2. The lowest BCUT2D eigenvalue weighted by atomic mass is 9.90. The van der Waals surface area contributed by atoms with Crippen LogP contribution in [0.15, 0.2) is 12.1 Å². The Balaban J connectivity index is 2.32. The molecule has 0 saturated heterocycles. The summed E-state index contributed by atoms with van der Waals surface area (Å²) in [5.41, 5.74) is 2.58. The maximum atomic E-state index is 4.92. The van der Waals surface area contributed by atoms with Crippen molar-refractivity contribution in [3.05, 3.63) is 23.4 Å². The SMILES string of the molecule is CNCc1cc(N(C)C(C)C2CC2)nc(C(C)(C)C)c1. The van der Waals surface area contributed by atoms with Crippen LogP contribution in [0.5, 0.6) is 0 Å². The van der Waals surface area contributed by atoms with Gasteiger partial charge in [0.1, 0.15) is 5.82 Å². The molecule has 2 rings (SSSR count). The third-order valence-electron chi connectivity index (χ3n) is 4.30. The average molecular weight is 275 g/mol. The van der Waals surface area contributed by atoms with E-state index in [0.717, 1.165) is 18.3 Å². The molecule has 0 aromatic carbocycles. The topological polar surface area (TPSA) is 28.2 Å². The molecule has 1 N–H and O–H groups in total. The largest absolute Gasteiger partial charge is 0.357 e. The van der Waals surface area contributed by atoms with E-state index in [1.165, 1.54) is 24.1 Å². The minimum atomic E-state index is 0.0855. The standard InChI is InChI=1S/C17H29N3/c1-12(14-7-8-14)20(6)16-10-13(11-18-5)9-15(19-16)17(2,3)4/h9-10,12,14,18H,7-8,11H2,1-6H3. The molecular weight excluding hydrogens is 246 g/mol.